The van der Waals surface area contributed by atoms with Crippen LogP contribution in [-0.2, 0) is 21.2 Å². The van der Waals surface area contributed by atoms with Gasteiger partial charge in [-0.3, -0.25) is 9.59 Å². The summed E-state index contributed by atoms with van der Waals surface area (Å²) in [6.07, 6.45) is 0.497. The minimum absolute atomic E-state index is 0.00419. The number of thiophene rings is 1. The molecule has 0 bridgehead atoms. The van der Waals surface area contributed by atoms with Crippen LogP contribution in [0, 0.1) is 0 Å². The van der Waals surface area contributed by atoms with Crippen LogP contribution in [0.4, 0.5) is 0 Å². The lowest BCUT2D eigenvalue weighted by Crippen LogP contribution is -2.25. The molecule has 0 fully saturated rings. The number of ether oxygens (including phenoxy) is 1. The van der Waals surface area contributed by atoms with Crippen LogP contribution in [0.3, 0.4) is 0 Å². The van der Waals surface area contributed by atoms with E-state index < -0.39 is 15.9 Å². The summed E-state index contributed by atoms with van der Waals surface area (Å²) >= 11 is 1.36. The number of nitrogens with two attached hydrogens (primary N) is 1. The van der Waals surface area contributed by atoms with Crippen molar-refractivity contribution in [1.29, 1.82) is 0 Å². The maximum absolute atomic E-state index is 12.2. The van der Waals surface area contributed by atoms with Crippen molar-refractivity contribution in [2.24, 2.45) is 5.73 Å². The van der Waals surface area contributed by atoms with E-state index in [1.807, 2.05) is 6.07 Å². The van der Waals surface area contributed by atoms with Gasteiger partial charge in [-0.2, -0.15) is 0 Å². The van der Waals surface area contributed by atoms with Crippen molar-refractivity contribution in [3.63, 3.8) is 0 Å². The third kappa shape index (κ3) is 5.66. The first-order valence-corrected chi connectivity index (χ1v) is 9.68. The van der Waals surface area contributed by atoms with Gasteiger partial charge in [0.25, 0.3) is 5.91 Å². The second kappa shape index (κ2) is 8.24. The Morgan fingerprint density at radius 2 is 1.84 bits per heavy atom. The van der Waals surface area contributed by atoms with Gasteiger partial charge < -0.3 is 10.5 Å². The third-order valence-corrected chi connectivity index (χ3v) is 5.91. The Hall–Kier alpha value is -2.23. The van der Waals surface area contributed by atoms with E-state index in [1.54, 1.807) is 6.07 Å². The van der Waals surface area contributed by atoms with Gasteiger partial charge >= 0.3 is 0 Å². The fourth-order valence-corrected chi connectivity index (χ4v) is 3.90. The van der Waals surface area contributed by atoms with Crippen molar-refractivity contribution in [3.05, 3.63) is 46.2 Å². The molecule has 0 aliphatic heterocycles. The lowest BCUT2D eigenvalue weighted by molar-refractivity contribution is -0.119. The Kier molecular flexibility index (Phi) is 6.29. The molecule has 7 nitrogen and oxygen atoms in total. The molecule has 0 aliphatic rings. The van der Waals surface area contributed by atoms with Crippen LogP contribution in [0.15, 0.2) is 41.3 Å². The van der Waals surface area contributed by atoms with Gasteiger partial charge in [0.05, 0.1) is 9.77 Å². The number of benzene rings is 1. The number of nitrogens with one attached hydrogen (secondary N) is 1. The molecule has 1 aromatic carbocycles. The van der Waals surface area contributed by atoms with Gasteiger partial charge in [0, 0.05) is 11.4 Å². The Bertz CT molecular complexity index is 857. The van der Waals surface area contributed by atoms with E-state index in [4.69, 9.17) is 10.5 Å². The summed E-state index contributed by atoms with van der Waals surface area (Å²) in [4.78, 5) is 23.6. The quantitative estimate of drug-likeness (QED) is 0.635. The highest BCUT2D eigenvalue weighted by atomic mass is 32.2. The van der Waals surface area contributed by atoms with Crippen LogP contribution in [0.2, 0.25) is 0 Å². The summed E-state index contributed by atoms with van der Waals surface area (Å²) in [6, 6.07) is 9.24. The molecule has 0 saturated carbocycles. The number of ketones is 1. The highest BCUT2D eigenvalue weighted by Crippen LogP contribution is 2.18. The lowest BCUT2D eigenvalue weighted by Gasteiger charge is -2.08. The summed E-state index contributed by atoms with van der Waals surface area (Å²) in [6.45, 7) is 1.45. The second-order valence-electron chi connectivity index (χ2n) is 5.20. The standard InChI is InChI=1S/C16H18N2O5S2/c1-11(19)15-7-4-13(24-15)8-9-18-25(21,22)14-5-2-12(3-6-14)23-10-16(17)20/h2-7,18H,8-10H2,1H3,(H2,17,20). The van der Waals surface area contributed by atoms with Crippen molar-refractivity contribution >= 4 is 33.1 Å². The summed E-state index contributed by atoms with van der Waals surface area (Å²) in [7, 11) is -3.65. The SMILES string of the molecule is CC(=O)c1ccc(CCNS(=O)(=O)c2ccc(OCC(N)=O)cc2)s1. The molecule has 9 heteroatoms. The van der Waals surface area contributed by atoms with Crippen LogP contribution in [0.5, 0.6) is 5.75 Å². The fourth-order valence-electron chi connectivity index (χ4n) is 1.96. The van der Waals surface area contributed by atoms with Gasteiger partial charge in [-0.05, 0) is 49.7 Å². The monoisotopic (exact) mass is 382 g/mol. The van der Waals surface area contributed by atoms with Gasteiger partial charge in [0.15, 0.2) is 12.4 Å². The van der Waals surface area contributed by atoms with Gasteiger partial charge in [-0.25, -0.2) is 13.1 Å². The zero-order valence-electron chi connectivity index (χ0n) is 13.5. The third-order valence-electron chi connectivity index (χ3n) is 3.19. The fraction of sp³-hybridized carbons (Fsp3) is 0.250. The minimum Gasteiger partial charge on any atom is -0.484 e. The number of primary amides is 1. The smallest absolute Gasteiger partial charge is 0.255 e. The largest absolute Gasteiger partial charge is 0.484 e. The van der Waals surface area contributed by atoms with Gasteiger partial charge in [0.2, 0.25) is 10.0 Å². The van der Waals surface area contributed by atoms with Gasteiger partial charge in [-0.1, -0.05) is 0 Å². The number of carbonyl (C=O) groups is 2. The summed E-state index contributed by atoms with van der Waals surface area (Å²) < 4.78 is 32.1. The van der Waals surface area contributed by atoms with Crippen LogP contribution in [0.1, 0.15) is 21.5 Å². The van der Waals surface area contributed by atoms with E-state index >= 15 is 0 Å². The van der Waals surface area contributed by atoms with E-state index in [-0.39, 0.29) is 23.8 Å². The average molecular weight is 382 g/mol. The molecule has 0 aliphatic carbocycles. The van der Waals surface area contributed by atoms with Crippen LogP contribution < -0.4 is 15.2 Å². The molecule has 0 spiro atoms. The molecule has 0 radical (unpaired) electrons. The molecule has 3 N–H and O–H groups in total. The van der Waals surface area contributed by atoms with Crippen molar-refractivity contribution in [1.82, 2.24) is 4.72 Å². The molecule has 2 rings (SSSR count). The Morgan fingerprint density at radius 3 is 2.40 bits per heavy atom. The molecule has 0 saturated heterocycles. The van der Waals surface area contributed by atoms with Gasteiger partial charge in [0.1, 0.15) is 5.75 Å². The zero-order chi connectivity index (χ0) is 18.4. The highest BCUT2D eigenvalue weighted by Gasteiger charge is 2.14. The Morgan fingerprint density at radius 1 is 1.16 bits per heavy atom. The second-order valence-corrected chi connectivity index (χ2v) is 8.13. The maximum atomic E-state index is 12.2. The maximum Gasteiger partial charge on any atom is 0.255 e. The van der Waals surface area contributed by atoms with E-state index in [0.29, 0.717) is 17.0 Å². The average Bonchev–Trinajstić information content (AvgIpc) is 3.02. The van der Waals surface area contributed by atoms with Crippen molar-refractivity contribution in [3.8, 4) is 5.75 Å². The summed E-state index contributed by atoms with van der Waals surface area (Å²) in [5.41, 5.74) is 4.97. The zero-order valence-corrected chi connectivity index (χ0v) is 15.2. The highest BCUT2D eigenvalue weighted by molar-refractivity contribution is 7.89. The molecule has 134 valence electrons. The molecule has 1 heterocycles. The van der Waals surface area contributed by atoms with Crippen LogP contribution >= 0.6 is 11.3 Å². The van der Waals surface area contributed by atoms with Gasteiger partial charge in [-0.15, -0.1) is 11.3 Å². The number of sulfonamides is 1. The Balaban J connectivity index is 1.91. The number of Topliss-reactive ketones (excluding diaryl/α,β-unsaturated/α-hetero) is 1. The Labute approximate surface area is 149 Å². The molecule has 1 amide bonds. The summed E-state index contributed by atoms with van der Waals surface area (Å²) in [5, 5.41) is 0. The first kappa shape index (κ1) is 19.1. The van der Waals surface area contributed by atoms with Crippen molar-refractivity contribution in [2.45, 2.75) is 18.2 Å². The van der Waals surface area contributed by atoms with E-state index in [2.05, 4.69) is 4.72 Å². The predicted molar refractivity (Wildman–Crippen MR) is 94.3 cm³/mol. The van der Waals surface area contributed by atoms with E-state index in [1.165, 1.54) is 42.5 Å². The van der Waals surface area contributed by atoms with Crippen molar-refractivity contribution < 1.29 is 22.7 Å². The lowest BCUT2D eigenvalue weighted by atomic mass is 10.3. The molecule has 2 aromatic rings. The summed E-state index contributed by atoms with van der Waals surface area (Å²) in [5.74, 6) is -0.261. The van der Waals surface area contributed by atoms with Crippen LogP contribution in [-0.4, -0.2) is 33.3 Å². The molecule has 0 unspecified atom stereocenters. The first-order chi connectivity index (χ1) is 11.8. The normalized spacial score (nSPS) is 11.2. The number of rotatable bonds is 9. The molecule has 0 atom stereocenters. The first-order valence-electron chi connectivity index (χ1n) is 7.38. The molecular weight excluding hydrogens is 364 g/mol. The molecule has 25 heavy (non-hydrogen) atoms. The predicted octanol–water partition coefficient (Wildman–Crippen LogP) is 1.34. The number of hydrogen-bond donors (Lipinski definition) is 2. The van der Waals surface area contributed by atoms with Crippen molar-refractivity contribution in [2.75, 3.05) is 13.2 Å². The minimum atomic E-state index is -3.65. The van der Waals surface area contributed by atoms with Crippen LogP contribution in [0.25, 0.3) is 0 Å². The number of hydrogen-bond acceptors (Lipinski definition) is 6. The molecular formula is C16H18N2O5S2. The van der Waals surface area contributed by atoms with E-state index in [9.17, 15) is 18.0 Å². The number of carbonyl (C=O) groups excluding carboxylic acids is 2. The van der Waals surface area contributed by atoms with E-state index in [0.717, 1.165) is 4.88 Å². The topological polar surface area (TPSA) is 116 Å². The number of amides is 1. The molecule has 1 aromatic heterocycles.